The van der Waals surface area contributed by atoms with Crippen molar-refractivity contribution < 1.29 is 13.3 Å². The number of hydrogen-bond acceptors (Lipinski definition) is 4. The van der Waals surface area contributed by atoms with Crippen molar-refractivity contribution in [1.82, 2.24) is 9.79 Å². The summed E-state index contributed by atoms with van der Waals surface area (Å²) in [4.78, 5) is 9.65. The molecule has 1 N–H and O–H groups in total. The van der Waals surface area contributed by atoms with Crippen LogP contribution in [-0.4, -0.2) is 39.6 Å². The lowest BCUT2D eigenvalue weighted by atomic mass is 10.4. The molecule has 1 aliphatic heterocycles. The van der Waals surface area contributed by atoms with E-state index in [4.69, 9.17) is 4.84 Å². The Labute approximate surface area is 108 Å². The number of hydrogen-bond donors (Lipinski definition) is 1. The van der Waals surface area contributed by atoms with E-state index in [1.165, 1.54) is 25.0 Å². The highest BCUT2D eigenvalue weighted by atomic mass is 32.2. The fourth-order valence-electron chi connectivity index (χ4n) is 1.95. The van der Waals surface area contributed by atoms with Crippen LogP contribution < -0.4 is 4.89 Å². The van der Waals surface area contributed by atoms with E-state index >= 15 is 0 Å². The van der Waals surface area contributed by atoms with E-state index in [9.17, 15) is 8.42 Å². The van der Waals surface area contributed by atoms with Gasteiger partial charge in [0, 0.05) is 6.54 Å². The van der Waals surface area contributed by atoms with Gasteiger partial charge in [-0.05, 0) is 38.1 Å². The standard InChI is InChI=1S/C12H18N2O3S/c15-18(16,12-6-2-1-3-7-12)13-17-11-10-14-8-4-5-9-14/h1-3,6-7,13H,4-5,8-11H2. The minimum atomic E-state index is -3.55. The number of benzene rings is 1. The third-order valence-corrected chi connectivity index (χ3v) is 4.16. The van der Waals surface area contributed by atoms with Crippen LogP contribution in [0.2, 0.25) is 0 Å². The highest BCUT2D eigenvalue weighted by molar-refractivity contribution is 7.89. The monoisotopic (exact) mass is 270 g/mol. The molecule has 18 heavy (non-hydrogen) atoms. The Kier molecular flexibility index (Phi) is 4.71. The van der Waals surface area contributed by atoms with Gasteiger partial charge in [0.2, 0.25) is 0 Å². The molecule has 1 saturated heterocycles. The van der Waals surface area contributed by atoms with Gasteiger partial charge in [0.1, 0.15) is 0 Å². The molecule has 1 aromatic rings. The summed E-state index contributed by atoms with van der Waals surface area (Å²) in [6, 6.07) is 8.20. The third-order valence-electron chi connectivity index (χ3n) is 2.93. The van der Waals surface area contributed by atoms with Crippen molar-refractivity contribution in [3.8, 4) is 0 Å². The predicted octanol–water partition coefficient (Wildman–Crippen LogP) is 0.992. The molecule has 5 nitrogen and oxygen atoms in total. The molecule has 0 saturated carbocycles. The maximum atomic E-state index is 11.8. The summed E-state index contributed by atoms with van der Waals surface area (Å²) >= 11 is 0. The van der Waals surface area contributed by atoms with Gasteiger partial charge in [-0.2, -0.15) is 0 Å². The number of nitrogens with zero attached hydrogens (tertiary/aromatic N) is 1. The zero-order chi connectivity index (χ0) is 12.8. The lowest BCUT2D eigenvalue weighted by Gasteiger charge is -2.14. The molecular weight excluding hydrogens is 252 g/mol. The molecule has 1 heterocycles. The van der Waals surface area contributed by atoms with Crippen LogP contribution in [0.25, 0.3) is 0 Å². The van der Waals surface area contributed by atoms with Gasteiger partial charge in [-0.15, -0.1) is 0 Å². The summed E-state index contributed by atoms with van der Waals surface area (Å²) < 4.78 is 23.6. The first kappa shape index (κ1) is 13.5. The van der Waals surface area contributed by atoms with E-state index in [1.54, 1.807) is 18.2 Å². The van der Waals surface area contributed by atoms with Crippen molar-refractivity contribution in [2.75, 3.05) is 26.2 Å². The molecule has 1 fully saturated rings. The second-order valence-corrected chi connectivity index (χ2v) is 5.94. The Morgan fingerprint density at radius 3 is 2.50 bits per heavy atom. The first-order chi connectivity index (χ1) is 8.68. The van der Waals surface area contributed by atoms with Gasteiger partial charge >= 0.3 is 0 Å². The average Bonchev–Trinajstić information content (AvgIpc) is 2.89. The number of rotatable bonds is 6. The van der Waals surface area contributed by atoms with Crippen molar-refractivity contribution in [1.29, 1.82) is 0 Å². The average molecular weight is 270 g/mol. The summed E-state index contributed by atoms with van der Waals surface area (Å²) in [5.74, 6) is 0. The van der Waals surface area contributed by atoms with E-state index in [0.29, 0.717) is 6.61 Å². The number of nitrogens with one attached hydrogen (secondary N) is 1. The van der Waals surface area contributed by atoms with Crippen LogP contribution >= 0.6 is 0 Å². The van der Waals surface area contributed by atoms with Gasteiger partial charge in [-0.3, -0.25) is 4.84 Å². The Bertz CT molecular complexity index is 455. The zero-order valence-corrected chi connectivity index (χ0v) is 11.0. The Morgan fingerprint density at radius 2 is 1.83 bits per heavy atom. The highest BCUT2D eigenvalue weighted by Gasteiger charge is 2.14. The van der Waals surface area contributed by atoms with Gasteiger partial charge in [-0.25, -0.2) is 8.42 Å². The Hall–Kier alpha value is -0.950. The van der Waals surface area contributed by atoms with Gasteiger partial charge in [0.15, 0.2) is 0 Å². The molecule has 0 bridgehead atoms. The van der Waals surface area contributed by atoms with Crippen molar-refractivity contribution in [3.63, 3.8) is 0 Å². The zero-order valence-electron chi connectivity index (χ0n) is 10.2. The fourth-order valence-corrected chi connectivity index (χ4v) is 2.80. The summed E-state index contributed by atoms with van der Waals surface area (Å²) in [6.07, 6.45) is 2.44. The maximum Gasteiger partial charge on any atom is 0.262 e. The number of likely N-dealkylation sites (tertiary alicyclic amines) is 1. The topological polar surface area (TPSA) is 58.6 Å². The van der Waals surface area contributed by atoms with Crippen LogP contribution in [0.5, 0.6) is 0 Å². The van der Waals surface area contributed by atoms with E-state index in [2.05, 4.69) is 9.79 Å². The Morgan fingerprint density at radius 1 is 1.17 bits per heavy atom. The smallest absolute Gasteiger partial charge is 0.262 e. The molecule has 1 aromatic carbocycles. The molecule has 1 aliphatic rings. The maximum absolute atomic E-state index is 11.8. The highest BCUT2D eigenvalue weighted by Crippen LogP contribution is 2.08. The lowest BCUT2D eigenvalue weighted by molar-refractivity contribution is 0.0756. The molecule has 0 spiro atoms. The lowest BCUT2D eigenvalue weighted by Crippen LogP contribution is -2.30. The van der Waals surface area contributed by atoms with Crippen molar-refractivity contribution in [2.45, 2.75) is 17.7 Å². The van der Waals surface area contributed by atoms with E-state index in [1.807, 2.05) is 0 Å². The second-order valence-electron chi connectivity index (χ2n) is 4.30. The van der Waals surface area contributed by atoms with Gasteiger partial charge in [0.25, 0.3) is 10.0 Å². The van der Waals surface area contributed by atoms with Crippen LogP contribution in [0.4, 0.5) is 0 Å². The minimum absolute atomic E-state index is 0.214. The first-order valence-electron chi connectivity index (χ1n) is 6.09. The van der Waals surface area contributed by atoms with Gasteiger partial charge in [0.05, 0.1) is 11.5 Å². The van der Waals surface area contributed by atoms with E-state index in [0.717, 1.165) is 19.6 Å². The van der Waals surface area contributed by atoms with Crippen molar-refractivity contribution >= 4 is 10.0 Å². The van der Waals surface area contributed by atoms with E-state index < -0.39 is 10.0 Å². The molecule has 0 atom stereocenters. The molecule has 6 heteroatoms. The number of sulfonamides is 1. The molecule has 100 valence electrons. The molecule has 0 radical (unpaired) electrons. The van der Waals surface area contributed by atoms with E-state index in [-0.39, 0.29) is 4.90 Å². The van der Waals surface area contributed by atoms with Crippen LogP contribution in [0.3, 0.4) is 0 Å². The van der Waals surface area contributed by atoms with Gasteiger partial charge in [-0.1, -0.05) is 23.1 Å². The third kappa shape index (κ3) is 3.78. The largest absolute Gasteiger partial charge is 0.301 e. The molecule has 0 aromatic heterocycles. The Balaban J connectivity index is 1.75. The molecule has 0 amide bonds. The molecule has 0 aliphatic carbocycles. The fraction of sp³-hybridized carbons (Fsp3) is 0.500. The summed E-state index contributed by atoms with van der Waals surface area (Å²) in [6.45, 7) is 3.28. The normalized spacial score (nSPS) is 17.1. The summed E-state index contributed by atoms with van der Waals surface area (Å²) in [5.41, 5.74) is 0. The predicted molar refractivity (Wildman–Crippen MR) is 68.4 cm³/mol. The van der Waals surface area contributed by atoms with Crippen LogP contribution in [-0.2, 0) is 14.9 Å². The van der Waals surface area contributed by atoms with Crippen molar-refractivity contribution in [3.05, 3.63) is 30.3 Å². The van der Waals surface area contributed by atoms with Crippen molar-refractivity contribution in [2.24, 2.45) is 0 Å². The summed E-state index contributed by atoms with van der Waals surface area (Å²) in [7, 11) is -3.55. The second kappa shape index (κ2) is 6.29. The minimum Gasteiger partial charge on any atom is -0.301 e. The van der Waals surface area contributed by atoms with Crippen LogP contribution in [0, 0.1) is 0 Å². The molecule has 0 unspecified atom stereocenters. The molecule has 2 rings (SSSR count). The first-order valence-corrected chi connectivity index (χ1v) is 7.58. The molecular formula is C12H18N2O3S. The SMILES string of the molecule is O=S(=O)(NOCCN1CCCC1)c1ccccc1. The van der Waals surface area contributed by atoms with Crippen LogP contribution in [0.1, 0.15) is 12.8 Å². The van der Waals surface area contributed by atoms with Gasteiger partial charge < -0.3 is 4.90 Å². The quantitative estimate of drug-likeness (QED) is 0.619. The van der Waals surface area contributed by atoms with Crippen LogP contribution in [0.15, 0.2) is 35.2 Å². The summed E-state index contributed by atoms with van der Waals surface area (Å²) in [5, 5.41) is 0.